The van der Waals surface area contributed by atoms with Gasteiger partial charge in [0.1, 0.15) is 34.3 Å². The topological polar surface area (TPSA) is 268 Å². The van der Waals surface area contributed by atoms with E-state index in [1.807, 2.05) is 40.9 Å². The molecule has 2 aromatic heterocycles. The number of aryl methyl sites for hydroxylation is 3. The molecule has 1 saturated heterocycles. The number of β-lactam (4-membered cyclic amide) rings is 1. The van der Waals surface area contributed by atoms with E-state index in [-0.39, 0.29) is 17.2 Å². The summed E-state index contributed by atoms with van der Waals surface area (Å²) in [6.45, 7) is 20.7. The molecule has 0 radical (unpaired) electrons. The number of carbonyl (C=O) groups is 5. The third-order valence-electron chi connectivity index (χ3n) is 10.0. The molecular weight excluding hydrogens is 917 g/mol. The number of thiazole rings is 1. The number of anilines is 1. The number of hydrogen-bond acceptors (Lipinski definition) is 16. The monoisotopic (exact) mass is 977 g/mol. The van der Waals surface area contributed by atoms with Gasteiger partial charge in [0.25, 0.3) is 17.4 Å². The first kappa shape index (κ1) is 52.1. The van der Waals surface area contributed by atoms with Gasteiger partial charge in [-0.1, -0.05) is 11.2 Å². The summed E-state index contributed by atoms with van der Waals surface area (Å²) in [5.41, 5.74) is -3.95. The van der Waals surface area contributed by atoms with E-state index in [1.165, 1.54) is 26.2 Å². The smallest absolute Gasteiger partial charge is 0.418 e. The van der Waals surface area contributed by atoms with E-state index < -0.39 is 86.2 Å². The van der Waals surface area contributed by atoms with E-state index in [2.05, 4.69) is 30.4 Å². The van der Waals surface area contributed by atoms with E-state index in [9.17, 15) is 36.9 Å². The Morgan fingerprint density at radius 1 is 0.985 bits per heavy atom. The fourth-order valence-electron chi connectivity index (χ4n) is 6.84. The summed E-state index contributed by atoms with van der Waals surface area (Å²) < 4.78 is 63.4. The van der Waals surface area contributed by atoms with Crippen LogP contribution in [0, 0.1) is 0 Å². The van der Waals surface area contributed by atoms with E-state index in [0.717, 1.165) is 28.0 Å². The third kappa shape index (κ3) is 13.6. The number of amides is 4. The van der Waals surface area contributed by atoms with Crippen LogP contribution < -0.4 is 25.4 Å². The Labute approximate surface area is 393 Å². The number of aromatic nitrogens is 3. The largest absolute Gasteiger partial charge is 0.485 e. The maximum absolute atomic E-state index is 14.2. The van der Waals surface area contributed by atoms with Crippen molar-refractivity contribution in [3.8, 4) is 16.9 Å². The standard InChI is InChI=1S/C43H60N8O14S2/c1-39(2,3)61-35(54)43(12,30-18-16-26-21-25(15-17-29(26)60-30)27-22-49(13)50(23-27)20-14-19-44-37(55)62-40(4,5)6)64-48-31(28-24-66-36(45-28)47-38(56)63-41(7,8)9)33(52)46-32-34(53)51(42(32,10)11)65-67(57,58)59/h15,17,21-24,30,32H,14,16,18-20H2,1-13H3,(H3-,44,45,46,47,52,55,56,57,58,59)/p+1/b48-31-/t30-,32-,43?/m1/s1. The fraction of sp³-hybridized carbons (Fsp3) is 0.581. The van der Waals surface area contributed by atoms with Crippen molar-refractivity contribution in [2.75, 3.05) is 11.9 Å². The first-order valence-electron chi connectivity index (χ1n) is 21.3. The zero-order chi connectivity index (χ0) is 50.1. The highest BCUT2D eigenvalue weighted by Gasteiger charge is 2.58. The maximum atomic E-state index is 14.2. The number of benzene rings is 1. The number of nitrogens with one attached hydrogen (secondary N) is 3. The lowest BCUT2D eigenvalue weighted by Gasteiger charge is -2.50. The molecule has 67 heavy (non-hydrogen) atoms. The minimum Gasteiger partial charge on any atom is -0.485 e. The second-order valence-corrected chi connectivity index (χ2v) is 21.6. The molecule has 5 rings (SSSR count). The number of carbonyl (C=O) groups excluding carboxylic acids is 5. The van der Waals surface area contributed by atoms with Crippen molar-refractivity contribution in [3.63, 3.8) is 0 Å². The number of oxime groups is 1. The summed E-state index contributed by atoms with van der Waals surface area (Å²) in [5.74, 6) is -2.48. The molecule has 24 heteroatoms. The molecule has 0 aliphatic carbocycles. The Hall–Kier alpha value is -5.85. The summed E-state index contributed by atoms with van der Waals surface area (Å²) in [6.07, 6.45) is 2.99. The zero-order valence-electron chi connectivity index (χ0n) is 40.0. The molecule has 3 aromatic rings. The average Bonchev–Trinajstić information content (AvgIpc) is 3.80. The number of hydroxylamine groups is 2. The van der Waals surface area contributed by atoms with E-state index >= 15 is 0 Å². The van der Waals surface area contributed by atoms with Gasteiger partial charge < -0.3 is 34.4 Å². The van der Waals surface area contributed by atoms with Crippen molar-refractivity contribution in [2.45, 2.75) is 149 Å². The summed E-state index contributed by atoms with van der Waals surface area (Å²) in [6, 6.07) is 4.27. The van der Waals surface area contributed by atoms with Crippen LogP contribution in [0.3, 0.4) is 0 Å². The van der Waals surface area contributed by atoms with Crippen LogP contribution in [-0.4, -0.2) is 110 Å². The lowest BCUT2D eigenvalue weighted by Crippen LogP contribution is -2.76. The molecule has 0 bridgehead atoms. The highest BCUT2D eigenvalue weighted by atomic mass is 32.3. The summed E-state index contributed by atoms with van der Waals surface area (Å²) in [7, 11) is -3.17. The fourth-order valence-corrected chi connectivity index (χ4v) is 7.97. The zero-order valence-corrected chi connectivity index (χ0v) is 41.6. The van der Waals surface area contributed by atoms with Crippen molar-refractivity contribution in [1.29, 1.82) is 0 Å². The molecule has 4 N–H and O–H groups in total. The van der Waals surface area contributed by atoms with Crippen LogP contribution >= 0.6 is 11.3 Å². The van der Waals surface area contributed by atoms with Crippen LogP contribution in [0.5, 0.6) is 5.75 Å². The molecule has 3 atom stereocenters. The van der Waals surface area contributed by atoms with Crippen molar-refractivity contribution < 1.29 is 69.7 Å². The van der Waals surface area contributed by atoms with Crippen molar-refractivity contribution in [1.82, 2.24) is 25.4 Å². The number of fused-ring (bicyclic) bond motifs is 1. The molecule has 0 spiro atoms. The van der Waals surface area contributed by atoms with Crippen molar-refractivity contribution >= 4 is 62.5 Å². The quantitative estimate of drug-likeness (QED) is 0.0234. The molecule has 2 aliphatic heterocycles. The lowest BCUT2D eigenvalue weighted by molar-refractivity contribution is -0.753. The Bertz CT molecular complexity index is 2520. The van der Waals surface area contributed by atoms with E-state index in [4.69, 9.17) is 23.8 Å². The highest BCUT2D eigenvalue weighted by Crippen LogP contribution is 2.38. The maximum Gasteiger partial charge on any atom is 0.418 e. The van der Waals surface area contributed by atoms with E-state index in [0.29, 0.717) is 36.7 Å². The summed E-state index contributed by atoms with van der Waals surface area (Å²) in [4.78, 5) is 76.4. The summed E-state index contributed by atoms with van der Waals surface area (Å²) >= 11 is 0.905. The van der Waals surface area contributed by atoms with Crippen LogP contribution in [0.1, 0.15) is 107 Å². The number of ether oxygens (including phenoxy) is 4. The van der Waals surface area contributed by atoms with Gasteiger partial charge in [0, 0.05) is 11.9 Å². The summed E-state index contributed by atoms with van der Waals surface area (Å²) in [5, 5.41) is 13.7. The first-order chi connectivity index (χ1) is 30.7. The highest BCUT2D eigenvalue weighted by molar-refractivity contribution is 7.80. The minimum absolute atomic E-state index is 0.00284. The number of hydrogen-bond donors (Lipinski definition) is 4. The molecule has 4 heterocycles. The van der Waals surface area contributed by atoms with Crippen LogP contribution in [0.25, 0.3) is 11.1 Å². The average molecular weight is 978 g/mol. The Morgan fingerprint density at radius 3 is 2.24 bits per heavy atom. The predicted molar refractivity (Wildman–Crippen MR) is 242 cm³/mol. The molecule has 1 aromatic carbocycles. The molecule has 1 fully saturated rings. The number of esters is 1. The third-order valence-corrected chi connectivity index (χ3v) is 11.1. The Kier molecular flexibility index (Phi) is 15.1. The van der Waals surface area contributed by atoms with E-state index in [1.54, 1.807) is 68.4 Å². The van der Waals surface area contributed by atoms with Crippen LogP contribution in [0.2, 0.25) is 0 Å². The van der Waals surface area contributed by atoms with Crippen LogP contribution in [-0.2, 0) is 68.1 Å². The molecule has 368 valence electrons. The normalized spacial score (nSPS) is 18.3. The van der Waals surface area contributed by atoms with Gasteiger partial charge in [0.2, 0.25) is 6.20 Å². The molecule has 1 unspecified atom stereocenters. The Balaban J connectivity index is 1.41. The van der Waals surface area contributed by atoms with Gasteiger partial charge in [-0.3, -0.25) is 19.5 Å². The van der Waals surface area contributed by atoms with Crippen LogP contribution in [0.15, 0.2) is 41.1 Å². The second kappa shape index (κ2) is 19.4. The van der Waals surface area contributed by atoms with Gasteiger partial charge in [-0.25, -0.2) is 19.4 Å². The Morgan fingerprint density at radius 2 is 1.63 bits per heavy atom. The van der Waals surface area contributed by atoms with Crippen molar-refractivity contribution in [2.24, 2.45) is 12.2 Å². The van der Waals surface area contributed by atoms with Crippen LogP contribution in [0.4, 0.5) is 14.7 Å². The molecular formula is C43H61N8O14S2+. The van der Waals surface area contributed by atoms with Crippen molar-refractivity contribution in [3.05, 3.63) is 47.2 Å². The number of nitrogens with zero attached hydrogens (tertiary/aromatic N) is 5. The molecule has 0 saturated carbocycles. The van der Waals surface area contributed by atoms with Gasteiger partial charge in [-0.15, -0.1) is 20.3 Å². The lowest BCUT2D eigenvalue weighted by atomic mass is 9.84. The van der Waals surface area contributed by atoms with Gasteiger partial charge in [-0.2, -0.15) is 18.2 Å². The van der Waals surface area contributed by atoms with Gasteiger partial charge in [0.05, 0.1) is 23.8 Å². The molecule has 2 aliphatic rings. The van der Waals surface area contributed by atoms with Gasteiger partial charge in [-0.05, 0) is 126 Å². The molecule has 22 nitrogen and oxygen atoms in total. The number of alkyl carbamates (subject to hydrolysis) is 1. The second-order valence-electron chi connectivity index (χ2n) is 19.7. The number of rotatable bonds is 15. The van der Waals surface area contributed by atoms with Gasteiger partial charge >= 0.3 is 28.6 Å². The first-order valence-corrected chi connectivity index (χ1v) is 23.6. The molecule has 4 amide bonds. The predicted octanol–water partition coefficient (Wildman–Crippen LogP) is 4.75. The minimum atomic E-state index is -5.09. The SMILES string of the molecule is C[n+]1cc(-c2ccc3c(c2)CC[C@H](C(C)(O/N=C(\C(=O)N[C@@H]2C(=O)N(OS(=O)(=O)O)C2(C)C)c2csc(NC(=O)OC(C)(C)C)n2)C(=O)OC(C)(C)C)O3)cn1CCCNC(=O)OC(C)(C)C. The van der Waals surface area contributed by atoms with Gasteiger partial charge in [0.15, 0.2) is 24.0 Å².